The molecular formula is C25H24BrN3O3S. The fraction of sp³-hybridized carbons (Fsp3) is 0.160. The maximum Gasteiger partial charge on any atom is 0.257 e. The van der Waals surface area contributed by atoms with Crippen molar-refractivity contribution in [3.8, 4) is 5.75 Å². The highest BCUT2D eigenvalue weighted by Gasteiger charge is 2.18. The minimum Gasteiger partial charge on any atom is -0.496 e. The second-order valence-corrected chi connectivity index (χ2v) is 8.42. The van der Waals surface area contributed by atoms with Crippen molar-refractivity contribution < 1.29 is 14.3 Å². The molecule has 0 fully saturated rings. The molecule has 33 heavy (non-hydrogen) atoms. The van der Waals surface area contributed by atoms with Gasteiger partial charge in [0.25, 0.3) is 11.8 Å². The van der Waals surface area contributed by atoms with E-state index >= 15 is 0 Å². The highest BCUT2D eigenvalue weighted by molar-refractivity contribution is 9.10. The van der Waals surface area contributed by atoms with Crippen LogP contribution in [0.2, 0.25) is 0 Å². The molecule has 0 atom stereocenters. The number of nitrogens with zero attached hydrogens (tertiary/aromatic N) is 1. The van der Waals surface area contributed by atoms with Crippen LogP contribution in [-0.4, -0.2) is 37.6 Å². The highest BCUT2D eigenvalue weighted by atomic mass is 79.9. The zero-order valence-electron chi connectivity index (χ0n) is 18.3. The summed E-state index contributed by atoms with van der Waals surface area (Å²) in [6.07, 6.45) is 0.733. The van der Waals surface area contributed by atoms with E-state index in [9.17, 15) is 9.59 Å². The smallest absolute Gasteiger partial charge is 0.257 e. The molecule has 2 N–H and O–H groups in total. The van der Waals surface area contributed by atoms with E-state index in [0.717, 1.165) is 12.0 Å². The summed E-state index contributed by atoms with van der Waals surface area (Å²) in [7, 11) is 3.27. The number of rotatable bonds is 7. The van der Waals surface area contributed by atoms with Crippen LogP contribution in [0.3, 0.4) is 0 Å². The number of hydrogen-bond acceptors (Lipinski definition) is 4. The summed E-state index contributed by atoms with van der Waals surface area (Å²) in [5, 5.41) is 5.84. The molecule has 0 spiro atoms. The molecule has 0 aliphatic rings. The van der Waals surface area contributed by atoms with Gasteiger partial charge in [-0.3, -0.25) is 14.9 Å². The third-order valence-corrected chi connectivity index (χ3v) is 5.99. The molecule has 0 aliphatic carbocycles. The number of carbonyl (C=O) groups is 2. The predicted octanol–water partition coefficient (Wildman–Crippen LogP) is 4.58. The number of carbonyl (C=O) groups excluding carboxylic acids is 2. The molecule has 0 aliphatic heterocycles. The van der Waals surface area contributed by atoms with Gasteiger partial charge in [-0.25, -0.2) is 0 Å². The number of halogens is 1. The molecule has 6 nitrogen and oxygen atoms in total. The van der Waals surface area contributed by atoms with E-state index in [1.54, 1.807) is 55.5 Å². The molecular weight excluding hydrogens is 502 g/mol. The zero-order chi connectivity index (χ0) is 23.8. The molecule has 8 heteroatoms. The Balaban J connectivity index is 1.66. The molecule has 3 aromatic rings. The third-order valence-electron chi connectivity index (χ3n) is 4.99. The summed E-state index contributed by atoms with van der Waals surface area (Å²) in [5.74, 6) is 0.0556. The largest absolute Gasteiger partial charge is 0.496 e. The second kappa shape index (κ2) is 11.6. The van der Waals surface area contributed by atoms with Gasteiger partial charge in [-0.2, -0.15) is 0 Å². The first-order chi connectivity index (χ1) is 15.9. The van der Waals surface area contributed by atoms with Crippen LogP contribution in [0.15, 0.2) is 77.3 Å². The first-order valence-electron chi connectivity index (χ1n) is 10.2. The zero-order valence-corrected chi connectivity index (χ0v) is 20.7. The molecule has 0 saturated carbocycles. The molecule has 2 amide bonds. The van der Waals surface area contributed by atoms with Crippen LogP contribution >= 0.6 is 28.1 Å². The molecule has 0 unspecified atom stereocenters. The number of benzene rings is 3. The van der Waals surface area contributed by atoms with Gasteiger partial charge in [0, 0.05) is 19.2 Å². The standard InChI is InChI=1S/C25H24BrN3O3S/c1-29(25(33)28-23(30)18-12-13-22(32-2)20(26)16-18)21-11-7-6-10-19(21)24(31)27-15-14-17-8-4-3-5-9-17/h3-13,16H,14-15H2,1-2H3,(H,27,31)(H,28,30,33). The maximum absolute atomic E-state index is 12.8. The molecule has 0 heterocycles. The number of thiocarbonyl (C=S) groups is 1. The SMILES string of the molecule is COc1ccc(C(=O)NC(=S)N(C)c2ccccc2C(=O)NCCc2ccccc2)cc1Br. The van der Waals surface area contributed by atoms with Crippen molar-refractivity contribution in [1.29, 1.82) is 0 Å². The van der Waals surface area contributed by atoms with Crippen LogP contribution in [0.4, 0.5) is 5.69 Å². The van der Waals surface area contributed by atoms with Crippen LogP contribution in [0, 0.1) is 0 Å². The second-order valence-electron chi connectivity index (χ2n) is 7.18. The minimum atomic E-state index is -0.361. The molecule has 0 bridgehead atoms. The lowest BCUT2D eigenvalue weighted by Crippen LogP contribution is -2.41. The molecule has 0 aromatic heterocycles. The summed E-state index contributed by atoms with van der Waals surface area (Å²) in [5.41, 5.74) is 2.63. The summed E-state index contributed by atoms with van der Waals surface area (Å²) >= 11 is 8.82. The topological polar surface area (TPSA) is 70.7 Å². The molecule has 0 radical (unpaired) electrons. The summed E-state index contributed by atoms with van der Waals surface area (Å²) in [6.45, 7) is 0.508. The number of anilines is 1. The van der Waals surface area contributed by atoms with Gasteiger partial charge in [0.05, 0.1) is 22.8 Å². The Kier molecular flexibility index (Phi) is 8.57. The van der Waals surface area contributed by atoms with Crippen LogP contribution in [-0.2, 0) is 6.42 Å². The van der Waals surface area contributed by atoms with Gasteiger partial charge in [-0.05, 0) is 70.5 Å². The lowest BCUT2D eigenvalue weighted by Gasteiger charge is -2.23. The fourth-order valence-corrected chi connectivity index (χ4v) is 3.92. The number of hydrogen-bond donors (Lipinski definition) is 2. The Morgan fingerprint density at radius 1 is 1.00 bits per heavy atom. The third kappa shape index (κ3) is 6.40. The number of ether oxygens (including phenoxy) is 1. The van der Waals surface area contributed by atoms with Crippen molar-refractivity contribution in [1.82, 2.24) is 10.6 Å². The first-order valence-corrected chi connectivity index (χ1v) is 11.4. The van der Waals surface area contributed by atoms with Gasteiger partial charge in [0.1, 0.15) is 5.75 Å². The summed E-state index contributed by atoms with van der Waals surface area (Å²) < 4.78 is 5.86. The summed E-state index contributed by atoms with van der Waals surface area (Å²) in [4.78, 5) is 27.1. The minimum absolute atomic E-state index is 0.177. The van der Waals surface area contributed by atoms with Crippen LogP contribution in [0.5, 0.6) is 5.75 Å². The number of amides is 2. The lowest BCUT2D eigenvalue weighted by atomic mass is 10.1. The lowest BCUT2D eigenvalue weighted by molar-refractivity contribution is 0.0952. The van der Waals surface area contributed by atoms with Crippen molar-refractivity contribution in [3.63, 3.8) is 0 Å². The van der Waals surface area contributed by atoms with E-state index in [4.69, 9.17) is 17.0 Å². The highest BCUT2D eigenvalue weighted by Crippen LogP contribution is 2.25. The van der Waals surface area contributed by atoms with Crippen LogP contribution in [0.25, 0.3) is 0 Å². The fourth-order valence-electron chi connectivity index (χ4n) is 3.19. The van der Waals surface area contributed by atoms with Gasteiger partial charge >= 0.3 is 0 Å². The van der Waals surface area contributed by atoms with Crippen molar-refractivity contribution in [2.75, 3.05) is 25.6 Å². The van der Waals surface area contributed by atoms with Gasteiger partial charge in [-0.1, -0.05) is 42.5 Å². The monoisotopic (exact) mass is 525 g/mol. The van der Waals surface area contributed by atoms with E-state index in [2.05, 4.69) is 26.6 Å². The Labute approximate surface area is 207 Å². The van der Waals surface area contributed by atoms with E-state index in [-0.39, 0.29) is 16.9 Å². The Hall–Kier alpha value is -3.23. The average Bonchev–Trinajstić information content (AvgIpc) is 2.84. The van der Waals surface area contributed by atoms with Gasteiger partial charge in [0.2, 0.25) is 0 Å². The number of methoxy groups -OCH3 is 1. The average molecular weight is 526 g/mol. The van der Waals surface area contributed by atoms with Gasteiger partial charge < -0.3 is 15.0 Å². The Morgan fingerprint density at radius 2 is 1.70 bits per heavy atom. The van der Waals surface area contributed by atoms with E-state index in [1.165, 1.54) is 0 Å². The van der Waals surface area contributed by atoms with Crippen molar-refractivity contribution >= 4 is 50.8 Å². The molecule has 170 valence electrons. The van der Waals surface area contributed by atoms with E-state index in [0.29, 0.717) is 33.6 Å². The molecule has 3 aromatic carbocycles. The van der Waals surface area contributed by atoms with Crippen molar-refractivity contribution in [2.45, 2.75) is 6.42 Å². The normalized spacial score (nSPS) is 10.3. The van der Waals surface area contributed by atoms with Crippen molar-refractivity contribution in [3.05, 3.63) is 94.0 Å². The molecule has 0 saturated heterocycles. The van der Waals surface area contributed by atoms with Crippen molar-refractivity contribution in [2.24, 2.45) is 0 Å². The van der Waals surface area contributed by atoms with Gasteiger partial charge in [0.15, 0.2) is 5.11 Å². The maximum atomic E-state index is 12.8. The Morgan fingerprint density at radius 3 is 2.39 bits per heavy atom. The Bertz CT molecular complexity index is 1150. The molecule has 3 rings (SSSR count). The van der Waals surface area contributed by atoms with Crippen LogP contribution < -0.4 is 20.3 Å². The number of nitrogens with one attached hydrogen (secondary N) is 2. The first kappa shape index (κ1) is 24.4. The van der Waals surface area contributed by atoms with E-state index < -0.39 is 0 Å². The number of para-hydroxylation sites is 1. The van der Waals surface area contributed by atoms with Gasteiger partial charge in [-0.15, -0.1) is 0 Å². The van der Waals surface area contributed by atoms with Crippen LogP contribution in [0.1, 0.15) is 26.3 Å². The quantitative estimate of drug-likeness (QED) is 0.441. The predicted molar refractivity (Wildman–Crippen MR) is 138 cm³/mol. The summed E-state index contributed by atoms with van der Waals surface area (Å²) in [6, 6.07) is 22.1. The van der Waals surface area contributed by atoms with E-state index in [1.807, 2.05) is 36.4 Å².